The molecule has 1 fully saturated rings. The molecule has 2 aromatic rings. The van der Waals surface area contributed by atoms with E-state index >= 15 is 0 Å². The highest BCUT2D eigenvalue weighted by Gasteiger charge is 2.42. The van der Waals surface area contributed by atoms with Gasteiger partial charge >= 0.3 is 0 Å². The molecule has 2 aliphatic rings. The van der Waals surface area contributed by atoms with Crippen molar-refractivity contribution in [2.75, 3.05) is 11.1 Å². The number of nitrogens with one attached hydrogen (secondary N) is 1. The molecule has 1 spiro atoms. The number of hydrogen-bond donors (Lipinski definition) is 1. The third-order valence-corrected chi connectivity index (χ3v) is 7.84. The van der Waals surface area contributed by atoms with Gasteiger partial charge in [0.25, 0.3) is 0 Å². The summed E-state index contributed by atoms with van der Waals surface area (Å²) < 4.78 is 0. The minimum atomic E-state index is -0.359. The number of aryl methyl sites for hydroxylation is 1. The van der Waals surface area contributed by atoms with Gasteiger partial charge in [0, 0.05) is 11.3 Å². The first-order valence-electron chi connectivity index (χ1n) is 12.0. The Morgan fingerprint density at radius 1 is 1.03 bits per heavy atom. The number of nitrogens with zero attached hydrogens (tertiary/aromatic N) is 2. The first-order valence-corrected chi connectivity index (χ1v) is 13.0. The number of hydrogen-bond acceptors (Lipinski definition) is 4. The molecule has 0 aromatic heterocycles. The Bertz CT molecular complexity index is 1030. The minimum absolute atomic E-state index is 0.0169. The van der Waals surface area contributed by atoms with Crippen LogP contribution in [0.4, 0.5) is 5.69 Å². The van der Waals surface area contributed by atoms with Gasteiger partial charge < -0.3 is 5.32 Å². The van der Waals surface area contributed by atoms with Crippen molar-refractivity contribution < 1.29 is 4.79 Å². The molecule has 0 saturated heterocycles. The molecule has 0 atom stereocenters. The van der Waals surface area contributed by atoms with E-state index < -0.39 is 0 Å². The fraction of sp³-hybridized carbons (Fsp3) is 0.464. The largest absolute Gasteiger partial charge is 0.325 e. The van der Waals surface area contributed by atoms with E-state index in [9.17, 15) is 4.79 Å². The van der Waals surface area contributed by atoms with E-state index in [-0.39, 0.29) is 11.6 Å². The number of amides is 1. The highest BCUT2D eigenvalue weighted by Crippen LogP contribution is 2.45. The van der Waals surface area contributed by atoms with Crippen LogP contribution in [0.3, 0.4) is 0 Å². The van der Waals surface area contributed by atoms with Crippen molar-refractivity contribution in [1.29, 1.82) is 0 Å². The summed E-state index contributed by atoms with van der Waals surface area (Å²) in [4.78, 5) is 23.0. The number of benzene rings is 2. The summed E-state index contributed by atoms with van der Waals surface area (Å²) in [6, 6.07) is 18.3. The predicted octanol–water partition coefficient (Wildman–Crippen LogP) is 6.75. The van der Waals surface area contributed by atoms with E-state index in [1.54, 1.807) is 0 Å². The number of carbonyl (C=O) groups is 1. The van der Waals surface area contributed by atoms with Crippen molar-refractivity contribution in [3.63, 3.8) is 0 Å². The van der Waals surface area contributed by atoms with Gasteiger partial charge in [-0.25, -0.2) is 4.99 Å². The van der Waals surface area contributed by atoms with Gasteiger partial charge in [-0.15, -0.1) is 0 Å². The first kappa shape index (κ1) is 23.7. The molecule has 1 aliphatic heterocycles. The molecule has 4 rings (SSSR count). The Labute approximate surface area is 202 Å². The lowest BCUT2D eigenvalue weighted by molar-refractivity contribution is -0.113. The summed E-state index contributed by atoms with van der Waals surface area (Å²) in [5.41, 5.74) is 4.07. The first-order chi connectivity index (χ1) is 15.8. The molecule has 5 heteroatoms. The van der Waals surface area contributed by atoms with E-state index in [0.717, 1.165) is 54.1 Å². The number of rotatable bonds is 5. The van der Waals surface area contributed by atoms with Crippen molar-refractivity contribution in [3.05, 3.63) is 65.7 Å². The zero-order chi connectivity index (χ0) is 23.5. The summed E-state index contributed by atoms with van der Waals surface area (Å²) in [5.74, 6) is 1.01. The lowest BCUT2D eigenvalue weighted by Gasteiger charge is -2.39. The molecule has 4 nitrogen and oxygen atoms in total. The fourth-order valence-electron chi connectivity index (χ4n) is 4.73. The Hall–Kier alpha value is -2.40. The molecular formula is C28H35N3OS. The Morgan fingerprint density at radius 2 is 1.70 bits per heavy atom. The predicted molar refractivity (Wildman–Crippen MR) is 141 cm³/mol. The molecule has 0 radical (unpaired) electrons. The van der Waals surface area contributed by atoms with Crippen LogP contribution in [0, 0.1) is 11.3 Å². The van der Waals surface area contributed by atoms with Crippen LogP contribution in [0.1, 0.15) is 64.5 Å². The highest BCUT2D eigenvalue weighted by molar-refractivity contribution is 8.16. The van der Waals surface area contributed by atoms with Gasteiger partial charge in [-0.3, -0.25) is 9.79 Å². The summed E-state index contributed by atoms with van der Waals surface area (Å²) in [6.45, 7) is 9.13. The van der Waals surface area contributed by atoms with Gasteiger partial charge in [0.1, 0.15) is 5.04 Å². The van der Waals surface area contributed by atoms with E-state index in [1.165, 1.54) is 17.3 Å². The average molecular weight is 462 g/mol. The fourth-order valence-corrected chi connectivity index (χ4v) is 5.61. The monoisotopic (exact) mass is 461 g/mol. The summed E-state index contributed by atoms with van der Waals surface area (Å²) in [6.07, 6.45) is 5.23. The van der Waals surface area contributed by atoms with Crippen molar-refractivity contribution in [3.8, 4) is 0 Å². The van der Waals surface area contributed by atoms with Gasteiger partial charge in [0.15, 0.2) is 5.66 Å². The Morgan fingerprint density at radius 3 is 2.30 bits per heavy atom. The summed E-state index contributed by atoms with van der Waals surface area (Å²) in [5, 5.41) is 3.91. The van der Waals surface area contributed by atoms with Gasteiger partial charge in [-0.2, -0.15) is 0 Å². The molecular weight excluding hydrogens is 426 g/mol. The highest BCUT2D eigenvalue weighted by atomic mass is 32.2. The molecule has 1 aliphatic carbocycles. The number of aliphatic imine (C=N–C) groups is 2. The van der Waals surface area contributed by atoms with Gasteiger partial charge in [0.05, 0.1) is 11.5 Å². The van der Waals surface area contributed by atoms with Crippen LogP contribution in [-0.2, 0) is 11.2 Å². The molecule has 0 unspecified atom stereocenters. The Balaban J connectivity index is 1.47. The van der Waals surface area contributed by atoms with E-state index in [2.05, 4.69) is 57.3 Å². The standard InChI is InChI=1S/C28H35N3OS/c1-5-20-11-13-23(14-12-20)29-24(32)19-33-26-25(21-9-7-6-8-10-21)30-28(31-26)17-15-22(16-18-28)27(2,3)4/h6-14,22H,5,15-19H2,1-4H3,(H,29,32). The second kappa shape index (κ2) is 9.84. The lowest BCUT2D eigenvalue weighted by Crippen LogP contribution is -2.34. The number of thioether (sulfide) groups is 1. The van der Waals surface area contributed by atoms with E-state index in [4.69, 9.17) is 9.98 Å². The third kappa shape index (κ3) is 5.75. The molecule has 0 bridgehead atoms. The topological polar surface area (TPSA) is 53.8 Å². The van der Waals surface area contributed by atoms with Crippen LogP contribution in [-0.4, -0.2) is 28.1 Å². The average Bonchev–Trinajstić information content (AvgIpc) is 3.16. The molecule has 33 heavy (non-hydrogen) atoms. The summed E-state index contributed by atoms with van der Waals surface area (Å²) in [7, 11) is 0. The maximum absolute atomic E-state index is 12.7. The molecule has 174 valence electrons. The summed E-state index contributed by atoms with van der Waals surface area (Å²) >= 11 is 1.50. The van der Waals surface area contributed by atoms with Crippen LogP contribution in [0.2, 0.25) is 0 Å². The second-order valence-corrected chi connectivity index (χ2v) is 11.2. The molecule has 1 N–H and O–H groups in total. The third-order valence-electron chi connectivity index (χ3n) is 6.88. The quantitative estimate of drug-likeness (QED) is 0.535. The van der Waals surface area contributed by atoms with Gasteiger partial charge in [-0.1, -0.05) is 81.9 Å². The lowest BCUT2D eigenvalue weighted by atomic mass is 9.70. The minimum Gasteiger partial charge on any atom is -0.325 e. The molecule has 1 amide bonds. The van der Waals surface area contributed by atoms with Crippen LogP contribution in [0.5, 0.6) is 0 Å². The number of anilines is 1. The smallest absolute Gasteiger partial charge is 0.234 e. The maximum atomic E-state index is 12.7. The van der Waals surface area contributed by atoms with E-state index in [0.29, 0.717) is 17.1 Å². The number of carbonyl (C=O) groups excluding carboxylic acids is 1. The zero-order valence-electron chi connectivity index (χ0n) is 20.2. The SMILES string of the molecule is CCc1ccc(NC(=O)CSC2=NC3(CCC(C(C)(C)C)CC3)N=C2c2ccccc2)cc1. The van der Waals surface area contributed by atoms with Crippen LogP contribution in [0.15, 0.2) is 64.6 Å². The van der Waals surface area contributed by atoms with Crippen molar-refractivity contribution in [1.82, 2.24) is 0 Å². The van der Waals surface area contributed by atoms with E-state index in [1.807, 2.05) is 30.3 Å². The van der Waals surface area contributed by atoms with Gasteiger partial charge in [-0.05, 0) is 61.1 Å². The molecule has 1 saturated carbocycles. The van der Waals surface area contributed by atoms with Crippen LogP contribution < -0.4 is 5.32 Å². The van der Waals surface area contributed by atoms with Crippen LogP contribution >= 0.6 is 11.8 Å². The van der Waals surface area contributed by atoms with Crippen molar-refractivity contribution in [2.24, 2.45) is 21.3 Å². The molecule has 1 heterocycles. The molecule has 2 aromatic carbocycles. The maximum Gasteiger partial charge on any atom is 0.234 e. The van der Waals surface area contributed by atoms with Crippen molar-refractivity contribution >= 4 is 34.1 Å². The zero-order valence-corrected chi connectivity index (χ0v) is 21.0. The normalized spacial score (nSPS) is 22.7. The van der Waals surface area contributed by atoms with Gasteiger partial charge in [0.2, 0.25) is 5.91 Å². The second-order valence-electron chi connectivity index (χ2n) is 10.3. The van der Waals surface area contributed by atoms with Crippen molar-refractivity contribution in [2.45, 2.75) is 65.5 Å². The Kier molecular flexibility index (Phi) is 7.08. The van der Waals surface area contributed by atoms with Crippen LogP contribution in [0.25, 0.3) is 0 Å².